The van der Waals surface area contributed by atoms with Crippen LogP contribution in [0, 0.1) is 6.92 Å². The summed E-state index contributed by atoms with van der Waals surface area (Å²) in [6.07, 6.45) is 0. The van der Waals surface area contributed by atoms with E-state index in [4.69, 9.17) is 0 Å². The molecule has 0 spiro atoms. The quantitative estimate of drug-likeness (QED) is 0.821. The first-order chi connectivity index (χ1) is 9.78. The van der Waals surface area contributed by atoms with Crippen molar-refractivity contribution in [3.63, 3.8) is 0 Å². The van der Waals surface area contributed by atoms with Gasteiger partial charge in [0, 0.05) is 6.07 Å². The van der Waals surface area contributed by atoms with Gasteiger partial charge in [-0.15, -0.1) is 11.3 Å². The van der Waals surface area contributed by atoms with E-state index in [0.717, 1.165) is 20.7 Å². The van der Waals surface area contributed by atoms with E-state index in [0.29, 0.717) is 0 Å². The topological polar surface area (TPSA) is 55.4 Å². The highest BCUT2D eigenvalue weighted by atomic mass is 79.9. The lowest BCUT2D eigenvalue weighted by atomic mass is 10.3. The Morgan fingerprint density at radius 3 is 2.62 bits per heavy atom. The van der Waals surface area contributed by atoms with Crippen LogP contribution >= 0.6 is 27.3 Å². The normalized spacial score (nSPS) is 11.7. The van der Waals surface area contributed by atoms with Crippen LogP contribution in [0.5, 0.6) is 5.75 Å². The fraction of sp³-hybridized carbons (Fsp3) is 0.167. The number of thiophene rings is 1. The zero-order valence-corrected chi connectivity index (χ0v) is 13.9. The molecule has 1 aromatic carbocycles. The fourth-order valence-corrected chi connectivity index (χ4v) is 4.78. The van der Waals surface area contributed by atoms with Crippen LogP contribution in [0.4, 0.5) is 14.5 Å². The number of rotatable bonds is 5. The van der Waals surface area contributed by atoms with Gasteiger partial charge in [-0.2, -0.15) is 8.78 Å². The molecule has 0 bridgehead atoms. The first-order valence-corrected chi connectivity index (χ1v) is 8.71. The van der Waals surface area contributed by atoms with Crippen molar-refractivity contribution in [3.05, 3.63) is 39.7 Å². The smallest absolute Gasteiger partial charge is 0.387 e. The third-order valence-corrected chi connectivity index (χ3v) is 6.40. The van der Waals surface area contributed by atoms with Gasteiger partial charge in [-0.25, -0.2) is 8.42 Å². The van der Waals surface area contributed by atoms with Crippen LogP contribution in [-0.2, 0) is 10.0 Å². The Hall–Kier alpha value is -1.19. The van der Waals surface area contributed by atoms with Crippen LogP contribution in [0.2, 0.25) is 0 Å². The molecule has 0 aliphatic rings. The first kappa shape index (κ1) is 16.2. The largest absolute Gasteiger partial charge is 0.435 e. The minimum atomic E-state index is -3.76. The summed E-state index contributed by atoms with van der Waals surface area (Å²) < 4.78 is 56.1. The number of aryl methyl sites for hydroxylation is 1. The molecule has 21 heavy (non-hydrogen) atoms. The molecular weight excluding hydrogens is 388 g/mol. The van der Waals surface area contributed by atoms with Crippen molar-refractivity contribution < 1.29 is 21.9 Å². The Bertz CT molecular complexity index is 727. The number of ether oxygens (including phenoxy) is 1. The number of hydrogen-bond donors (Lipinski definition) is 1. The third kappa shape index (κ3) is 4.14. The number of alkyl halides is 2. The number of nitrogens with one attached hydrogen (secondary N) is 1. The number of sulfonamides is 1. The summed E-state index contributed by atoms with van der Waals surface area (Å²) >= 11 is 4.33. The summed E-state index contributed by atoms with van der Waals surface area (Å²) in [4.78, 5) is 0. The number of halogens is 3. The summed E-state index contributed by atoms with van der Waals surface area (Å²) in [6.45, 7) is -1.19. The average Bonchev–Trinajstić information content (AvgIpc) is 2.69. The summed E-state index contributed by atoms with van der Waals surface area (Å²) in [5, 5.41) is 0. The summed E-state index contributed by atoms with van der Waals surface area (Å²) in [5.41, 5.74) is 0.950. The highest BCUT2D eigenvalue weighted by Crippen LogP contribution is 2.32. The molecule has 0 saturated carbocycles. The van der Waals surface area contributed by atoms with Crippen LogP contribution in [-0.4, -0.2) is 15.0 Å². The first-order valence-electron chi connectivity index (χ1n) is 5.61. The lowest BCUT2D eigenvalue weighted by Crippen LogP contribution is -2.11. The molecule has 0 fully saturated rings. The van der Waals surface area contributed by atoms with E-state index in [-0.39, 0.29) is 15.6 Å². The van der Waals surface area contributed by atoms with Gasteiger partial charge in [0.05, 0.1) is 9.47 Å². The van der Waals surface area contributed by atoms with Crippen molar-refractivity contribution in [1.82, 2.24) is 0 Å². The van der Waals surface area contributed by atoms with Gasteiger partial charge in [-0.3, -0.25) is 4.72 Å². The Labute approximate surface area is 132 Å². The highest BCUT2D eigenvalue weighted by Gasteiger charge is 2.18. The maximum Gasteiger partial charge on any atom is 0.387 e. The van der Waals surface area contributed by atoms with E-state index in [1.807, 2.05) is 0 Å². The van der Waals surface area contributed by atoms with Gasteiger partial charge >= 0.3 is 6.61 Å². The Morgan fingerprint density at radius 2 is 2.05 bits per heavy atom. The highest BCUT2D eigenvalue weighted by molar-refractivity contribution is 9.11. The van der Waals surface area contributed by atoms with Gasteiger partial charge in [-0.05, 0) is 46.6 Å². The van der Waals surface area contributed by atoms with E-state index < -0.39 is 16.6 Å². The van der Waals surface area contributed by atoms with Crippen LogP contribution in [0.3, 0.4) is 0 Å². The van der Waals surface area contributed by atoms with Crippen molar-refractivity contribution in [1.29, 1.82) is 0 Å². The molecule has 0 radical (unpaired) electrons. The second kappa shape index (κ2) is 6.29. The zero-order chi connectivity index (χ0) is 15.6. The van der Waals surface area contributed by atoms with Gasteiger partial charge in [0.2, 0.25) is 0 Å². The molecule has 0 aliphatic heterocycles. The van der Waals surface area contributed by atoms with Crippen LogP contribution in [0.15, 0.2) is 38.3 Å². The molecular formula is C12H10BrF2NO3S2. The summed E-state index contributed by atoms with van der Waals surface area (Å²) in [6, 6.07) is 6.90. The molecule has 1 aromatic heterocycles. The van der Waals surface area contributed by atoms with Crippen LogP contribution < -0.4 is 9.46 Å². The number of hydrogen-bond acceptors (Lipinski definition) is 4. The molecule has 0 unspecified atom stereocenters. The molecule has 1 heterocycles. The lowest BCUT2D eigenvalue weighted by molar-refractivity contribution is -0.0497. The molecule has 2 rings (SSSR count). The van der Waals surface area contributed by atoms with Crippen molar-refractivity contribution >= 4 is 43.0 Å². The third-order valence-electron chi connectivity index (χ3n) is 2.41. The van der Waals surface area contributed by atoms with Gasteiger partial charge in [0.1, 0.15) is 9.96 Å². The Morgan fingerprint density at radius 1 is 1.33 bits per heavy atom. The molecule has 4 nitrogen and oxygen atoms in total. The summed E-state index contributed by atoms with van der Waals surface area (Å²) in [7, 11) is -3.76. The maximum atomic E-state index is 12.2. The average molecular weight is 398 g/mol. The Kier molecular flexibility index (Phi) is 4.84. The predicted molar refractivity (Wildman–Crippen MR) is 80.6 cm³/mol. The van der Waals surface area contributed by atoms with Crippen molar-refractivity contribution in [3.8, 4) is 5.75 Å². The van der Waals surface area contributed by atoms with E-state index in [9.17, 15) is 17.2 Å². The van der Waals surface area contributed by atoms with E-state index in [1.54, 1.807) is 6.92 Å². The lowest BCUT2D eigenvalue weighted by Gasteiger charge is -2.09. The van der Waals surface area contributed by atoms with Gasteiger partial charge < -0.3 is 4.74 Å². The molecule has 0 aliphatic carbocycles. The standard InChI is InChI=1S/C12H10BrF2NO3S2/c1-7-5-10(20-11(7)13)21(17,18)16-8-3-2-4-9(6-8)19-12(14)15/h2-6,12,16H,1H3. The van der Waals surface area contributed by atoms with Gasteiger partial charge in [-0.1, -0.05) is 6.07 Å². The van der Waals surface area contributed by atoms with Crippen molar-refractivity contribution in [2.45, 2.75) is 17.7 Å². The molecule has 9 heteroatoms. The minimum absolute atomic E-state index is 0.117. The molecule has 0 atom stereocenters. The number of benzene rings is 1. The minimum Gasteiger partial charge on any atom is -0.435 e. The maximum absolute atomic E-state index is 12.2. The molecule has 114 valence electrons. The fourth-order valence-electron chi connectivity index (χ4n) is 1.51. The van der Waals surface area contributed by atoms with Crippen molar-refractivity contribution in [2.75, 3.05) is 4.72 Å². The summed E-state index contributed by atoms with van der Waals surface area (Å²) in [5.74, 6) is -0.117. The van der Waals surface area contributed by atoms with E-state index in [1.165, 1.54) is 30.3 Å². The number of anilines is 1. The van der Waals surface area contributed by atoms with Gasteiger partial charge in [0.15, 0.2) is 0 Å². The molecule has 1 N–H and O–H groups in total. The molecule has 2 aromatic rings. The molecule has 0 amide bonds. The predicted octanol–water partition coefficient (Wildman–Crippen LogP) is 4.22. The van der Waals surface area contributed by atoms with Crippen LogP contribution in [0.1, 0.15) is 5.56 Å². The van der Waals surface area contributed by atoms with Crippen LogP contribution in [0.25, 0.3) is 0 Å². The second-order valence-electron chi connectivity index (χ2n) is 4.03. The monoisotopic (exact) mass is 397 g/mol. The van der Waals surface area contributed by atoms with E-state index >= 15 is 0 Å². The zero-order valence-electron chi connectivity index (χ0n) is 10.6. The SMILES string of the molecule is Cc1cc(S(=O)(=O)Nc2cccc(OC(F)F)c2)sc1Br. The van der Waals surface area contributed by atoms with Crippen molar-refractivity contribution in [2.24, 2.45) is 0 Å². The van der Waals surface area contributed by atoms with Gasteiger partial charge in [0.25, 0.3) is 10.0 Å². The van der Waals surface area contributed by atoms with E-state index in [2.05, 4.69) is 25.4 Å². The Balaban J connectivity index is 2.24. The molecule has 0 saturated heterocycles. The second-order valence-corrected chi connectivity index (χ2v) is 8.31.